The monoisotopic (exact) mass is 239 g/mol. The first-order valence-corrected chi connectivity index (χ1v) is 6.97. The number of rotatable bonds is 3. The van der Waals surface area contributed by atoms with Crippen LogP contribution in [0, 0.1) is 0 Å². The van der Waals surface area contributed by atoms with E-state index < -0.39 is 0 Å². The van der Waals surface area contributed by atoms with E-state index in [2.05, 4.69) is 25.7 Å². The molecule has 0 aromatic carbocycles. The normalized spacial score (nSPS) is 19.9. The van der Waals surface area contributed by atoms with Gasteiger partial charge < -0.3 is 10.6 Å². The van der Waals surface area contributed by atoms with Gasteiger partial charge in [-0.3, -0.25) is 0 Å². The number of fused-ring (bicyclic) bond motifs is 1. The fourth-order valence-corrected chi connectivity index (χ4v) is 3.63. The highest BCUT2D eigenvalue weighted by Crippen LogP contribution is 2.36. The number of nitrogens with zero attached hydrogens (tertiary/aromatic N) is 2. The van der Waals surface area contributed by atoms with Crippen LogP contribution in [0.25, 0.3) is 0 Å². The molecule has 1 aromatic heterocycles. The van der Waals surface area contributed by atoms with E-state index in [1.807, 2.05) is 0 Å². The Labute approximate surface area is 102 Å². The molecule has 16 heavy (non-hydrogen) atoms. The summed E-state index contributed by atoms with van der Waals surface area (Å²) < 4.78 is 0. The highest BCUT2D eigenvalue weighted by Gasteiger charge is 2.23. The van der Waals surface area contributed by atoms with Crippen molar-refractivity contribution in [2.75, 3.05) is 11.4 Å². The van der Waals surface area contributed by atoms with Crippen molar-refractivity contribution in [2.24, 2.45) is 5.73 Å². The summed E-state index contributed by atoms with van der Waals surface area (Å²) >= 11 is 1.79. The lowest BCUT2D eigenvalue weighted by atomic mass is 9.99. The van der Waals surface area contributed by atoms with E-state index in [1.54, 1.807) is 11.3 Å². The number of hydrogen-bond donors (Lipinski definition) is 1. The lowest BCUT2D eigenvalue weighted by Gasteiger charge is -2.24. The van der Waals surface area contributed by atoms with Crippen LogP contribution in [-0.2, 0) is 6.42 Å². The van der Waals surface area contributed by atoms with Crippen molar-refractivity contribution in [2.45, 2.75) is 52.1 Å². The van der Waals surface area contributed by atoms with E-state index >= 15 is 0 Å². The summed E-state index contributed by atoms with van der Waals surface area (Å²) in [5, 5.41) is 1.15. The molecule has 0 fully saturated rings. The highest BCUT2D eigenvalue weighted by atomic mass is 32.1. The standard InChI is InChI=1S/C12H21N3S/c1-4-15(8(2)3)12-14-10-7-5-6-9(13)11(10)16-12/h8-9H,4-7,13H2,1-3H3. The first kappa shape index (κ1) is 11.9. The number of anilines is 1. The predicted octanol–water partition coefficient (Wildman–Crippen LogP) is 2.71. The van der Waals surface area contributed by atoms with Gasteiger partial charge in [-0.05, 0) is 40.0 Å². The maximum Gasteiger partial charge on any atom is 0.186 e. The van der Waals surface area contributed by atoms with E-state index in [0.717, 1.165) is 24.5 Å². The van der Waals surface area contributed by atoms with Gasteiger partial charge in [0.25, 0.3) is 0 Å². The average Bonchev–Trinajstić information content (AvgIpc) is 2.63. The highest BCUT2D eigenvalue weighted by molar-refractivity contribution is 7.15. The van der Waals surface area contributed by atoms with Crippen molar-refractivity contribution < 1.29 is 0 Å². The molecule has 2 rings (SSSR count). The van der Waals surface area contributed by atoms with Crippen LogP contribution < -0.4 is 10.6 Å². The van der Waals surface area contributed by atoms with Crippen LogP contribution in [0.3, 0.4) is 0 Å². The van der Waals surface area contributed by atoms with Gasteiger partial charge in [0, 0.05) is 23.5 Å². The summed E-state index contributed by atoms with van der Waals surface area (Å²) in [6, 6.07) is 0.731. The minimum absolute atomic E-state index is 0.223. The Morgan fingerprint density at radius 3 is 2.88 bits per heavy atom. The zero-order valence-electron chi connectivity index (χ0n) is 10.4. The lowest BCUT2D eigenvalue weighted by Crippen LogP contribution is -2.30. The van der Waals surface area contributed by atoms with Crippen molar-refractivity contribution in [1.29, 1.82) is 0 Å². The van der Waals surface area contributed by atoms with Crippen molar-refractivity contribution in [3.63, 3.8) is 0 Å². The summed E-state index contributed by atoms with van der Waals surface area (Å²) in [6.07, 6.45) is 3.41. The quantitative estimate of drug-likeness (QED) is 0.882. The van der Waals surface area contributed by atoms with E-state index in [-0.39, 0.29) is 6.04 Å². The topological polar surface area (TPSA) is 42.2 Å². The molecule has 90 valence electrons. The molecule has 0 bridgehead atoms. The third-order valence-corrected chi connectivity index (χ3v) is 4.46. The van der Waals surface area contributed by atoms with Gasteiger partial charge in [-0.2, -0.15) is 0 Å². The molecule has 1 atom stereocenters. The third-order valence-electron chi connectivity index (χ3n) is 3.19. The second-order valence-electron chi connectivity index (χ2n) is 4.69. The molecular weight excluding hydrogens is 218 g/mol. The summed E-state index contributed by atoms with van der Waals surface area (Å²) in [5.74, 6) is 0. The zero-order valence-corrected chi connectivity index (χ0v) is 11.2. The number of hydrogen-bond acceptors (Lipinski definition) is 4. The van der Waals surface area contributed by atoms with Crippen molar-refractivity contribution in [3.8, 4) is 0 Å². The van der Waals surface area contributed by atoms with Crippen LogP contribution in [0.2, 0.25) is 0 Å². The largest absolute Gasteiger partial charge is 0.346 e. The molecule has 0 spiro atoms. The van der Waals surface area contributed by atoms with Crippen LogP contribution in [0.4, 0.5) is 5.13 Å². The summed E-state index contributed by atoms with van der Waals surface area (Å²) in [7, 11) is 0. The molecule has 4 heteroatoms. The molecular formula is C12H21N3S. The molecule has 0 aliphatic heterocycles. The second-order valence-corrected chi connectivity index (χ2v) is 5.69. The van der Waals surface area contributed by atoms with Crippen LogP contribution >= 0.6 is 11.3 Å². The molecule has 2 N–H and O–H groups in total. The van der Waals surface area contributed by atoms with Crippen LogP contribution in [-0.4, -0.2) is 17.6 Å². The Morgan fingerprint density at radius 1 is 1.56 bits per heavy atom. The Balaban J connectivity index is 2.29. The molecule has 0 saturated carbocycles. The van der Waals surface area contributed by atoms with E-state index in [0.29, 0.717) is 6.04 Å². The third kappa shape index (κ3) is 2.09. The van der Waals surface area contributed by atoms with Crippen molar-refractivity contribution >= 4 is 16.5 Å². The number of nitrogens with two attached hydrogens (primary N) is 1. The molecule has 0 saturated heterocycles. The van der Waals surface area contributed by atoms with Gasteiger partial charge in [-0.1, -0.05) is 11.3 Å². The SMILES string of the molecule is CCN(c1nc2c(s1)C(N)CCC2)C(C)C. The molecule has 1 aromatic rings. The Morgan fingerprint density at radius 2 is 2.31 bits per heavy atom. The van der Waals surface area contributed by atoms with Crippen molar-refractivity contribution in [3.05, 3.63) is 10.6 Å². The predicted molar refractivity (Wildman–Crippen MR) is 70.1 cm³/mol. The second kappa shape index (κ2) is 4.72. The molecule has 1 heterocycles. The minimum atomic E-state index is 0.223. The molecule has 1 aliphatic rings. The van der Waals surface area contributed by atoms with Gasteiger partial charge in [0.1, 0.15) is 0 Å². The maximum absolute atomic E-state index is 6.13. The van der Waals surface area contributed by atoms with Gasteiger partial charge in [0.15, 0.2) is 5.13 Å². The average molecular weight is 239 g/mol. The van der Waals surface area contributed by atoms with Gasteiger partial charge in [-0.25, -0.2) is 4.98 Å². The van der Waals surface area contributed by atoms with Gasteiger partial charge >= 0.3 is 0 Å². The molecule has 3 nitrogen and oxygen atoms in total. The van der Waals surface area contributed by atoms with Crippen LogP contribution in [0.1, 0.15) is 50.2 Å². The number of thiazole rings is 1. The maximum atomic E-state index is 6.13. The van der Waals surface area contributed by atoms with Gasteiger partial charge in [0.2, 0.25) is 0 Å². The Kier molecular flexibility index (Phi) is 3.50. The summed E-state index contributed by atoms with van der Waals surface area (Å²) in [6.45, 7) is 7.62. The Bertz CT molecular complexity index is 359. The molecule has 1 aliphatic carbocycles. The lowest BCUT2D eigenvalue weighted by molar-refractivity contribution is 0.573. The van der Waals surface area contributed by atoms with Gasteiger partial charge in [0.05, 0.1) is 5.69 Å². The molecule has 1 unspecified atom stereocenters. The van der Waals surface area contributed by atoms with E-state index in [1.165, 1.54) is 17.0 Å². The fraction of sp³-hybridized carbons (Fsp3) is 0.750. The minimum Gasteiger partial charge on any atom is -0.346 e. The van der Waals surface area contributed by atoms with Crippen molar-refractivity contribution in [1.82, 2.24) is 4.98 Å². The smallest absolute Gasteiger partial charge is 0.186 e. The number of aryl methyl sites for hydroxylation is 1. The summed E-state index contributed by atoms with van der Waals surface area (Å²) in [4.78, 5) is 8.42. The van der Waals surface area contributed by atoms with Crippen LogP contribution in [0.15, 0.2) is 0 Å². The van der Waals surface area contributed by atoms with E-state index in [9.17, 15) is 0 Å². The van der Waals surface area contributed by atoms with Crippen LogP contribution in [0.5, 0.6) is 0 Å². The van der Waals surface area contributed by atoms with Gasteiger partial charge in [-0.15, -0.1) is 0 Å². The Hall–Kier alpha value is -0.610. The first-order valence-electron chi connectivity index (χ1n) is 6.15. The first-order chi connectivity index (χ1) is 7.63. The van der Waals surface area contributed by atoms with E-state index in [4.69, 9.17) is 10.7 Å². The summed E-state index contributed by atoms with van der Waals surface area (Å²) in [5.41, 5.74) is 7.38. The molecule has 0 amide bonds. The zero-order chi connectivity index (χ0) is 11.7. The number of aromatic nitrogens is 1. The fourth-order valence-electron chi connectivity index (χ4n) is 2.28. The molecule has 0 radical (unpaired) electrons.